The highest BCUT2D eigenvalue weighted by atomic mass is 32.2. The van der Waals surface area contributed by atoms with E-state index in [1.165, 1.54) is 4.31 Å². The molecular formula is C10H22N2O3S. The minimum atomic E-state index is -3.49. The molecular weight excluding hydrogens is 228 g/mol. The summed E-state index contributed by atoms with van der Waals surface area (Å²) in [5.74, 6) is 0. The zero-order valence-corrected chi connectivity index (χ0v) is 11.3. The SMILES string of the molecule is CC1(O)CCCN(S(=O)(=O)NC(C)(C)C)C1. The van der Waals surface area contributed by atoms with Crippen molar-refractivity contribution in [2.24, 2.45) is 0 Å². The first-order chi connectivity index (χ1) is 7.02. The van der Waals surface area contributed by atoms with Crippen LogP contribution in [0.3, 0.4) is 0 Å². The van der Waals surface area contributed by atoms with Gasteiger partial charge in [-0.25, -0.2) is 0 Å². The molecule has 0 aromatic carbocycles. The van der Waals surface area contributed by atoms with Crippen LogP contribution in [-0.4, -0.2) is 42.1 Å². The third kappa shape index (κ3) is 4.01. The summed E-state index contributed by atoms with van der Waals surface area (Å²) in [6.45, 7) is 7.71. The van der Waals surface area contributed by atoms with Gasteiger partial charge in [-0.3, -0.25) is 0 Å². The molecule has 2 N–H and O–H groups in total. The summed E-state index contributed by atoms with van der Waals surface area (Å²) in [6.07, 6.45) is 1.34. The summed E-state index contributed by atoms with van der Waals surface area (Å²) in [5.41, 5.74) is -1.41. The molecule has 1 aliphatic heterocycles. The summed E-state index contributed by atoms with van der Waals surface area (Å²) in [5, 5.41) is 9.87. The molecule has 0 radical (unpaired) electrons. The first-order valence-electron chi connectivity index (χ1n) is 5.53. The maximum absolute atomic E-state index is 12.0. The van der Waals surface area contributed by atoms with Crippen molar-refractivity contribution < 1.29 is 13.5 Å². The minimum Gasteiger partial charge on any atom is -0.389 e. The van der Waals surface area contributed by atoms with Gasteiger partial charge >= 0.3 is 0 Å². The summed E-state index contributed by atoms with van der Waals surface area (Å²) in [4.78, 5) is 0. The van der Waals surface area contributed by atoms with Crippen molar-refractivity contribution in [2.75, 3.05) is 13.1 Å². The molecule has 1 rings (SSSR count). The van der Waals surface area contributed by atoms with Gasteiger partial charge in [0, 0.05) is 18.6 Å². The van der Waals surface area contributed by atoms with E-state index in [4.69, 9.17) is 0 Å². The smallest absolute Gasteiger partial charge is 0.280 e. The number of hydrogen-bond donors (Lipinski definition) is 2. The Kier molecular flexibility index (Phi) is 3.69. The van der Waals surface area contributed by atoms with Crippen LogP contribution < -0.4 is 4.72 Å². The average Bonchev–Trinajstić information content (AvgIpc) is 1.97. The van der Waals surface area contributed by atoms with Gasteiger partial charge in [-0.1, -0.05) is 0 Å². The van der Waals surface area contributed by atoms with Gasteiger partial charge in [0.2, 0.25) is 0 Å². The molecule has 0 saturated carbocycles. The first kappa shape index (κ1) is 13.9. The molecule has 1 heterocycles. The molecule has 0 bridgehead atoms. The lowest BCUT2D eigenvalue weighted by Gasteiger charge is -2.37. The molecule has 1 aliphatic rings. The predicted octanol–water partition coefficient (Wildman–Crippen LogP) is 0.466. The molecule has 0 amide bonds. The number of hydrogen-bond acceptors (Lipinski definition) is 3. The molecule has 1 saturated heterocycles. The Bertz CT molecular complexity index is 344. The summed E-state index contributed by atoms with van der Waals surface area (Å²) in [7, 11) is -3.49. The van der Waals surface area contributed by atoms with Crippen molar-refractivity contribution >= 4 is 10.2 Å². The van der Waals surface area contributed by atoms with Crippen molar-refractivity contribution in [3.8, 4) is 0 Å². The van der Waals surface area contributed by atoms with Crippen LogP contribution >= 0.6 is 0 Å². The largest absolute Gasteiger partial charge is 0.389 e. The molecule has 1 fully saturated rings. The Balaban J connectivity index is 2.77. The van der Waals surface area contributed by atoms with Crippen molar-refractivity contribution in [3.63, 3.8) is 0 Å². The van der Waals surface area contributed by atoms with Crippen LogP contribution in [0, 0.1) is 0 Å². The second-order valence-corrected chi connectivity index (χ2v) is 7.46. The Morgan fingerprint density at radius 3 is 2.38 bits per heavy atom. The van der Waals surface area contributed by atoms with Gasteiger partial charge in [-0.15, -0.1) is 0 Å². The van der Waals surface area contributed by atoms with E-state index in [2.05, 4.69) is 4.72 Å². The maximum atomic E-state index is 12.0. The van der Waals surface area contributed by atoms with Crippen molar-refractivity contribution in [3.05, 3.63) is 0 Å². The lowest BCUT2D eigenvalue weighted by molar-refractivity contribution is 0.00884. The number of nitrogens with zero attached hydrogens (tertiary/aromatic N) is 1. The number of aliphatic hydroxyl groups is 1. The molecule has 1 unspecified atom stereocenters. The highest BCUT2D eigenvalue weighted by molar-refractivity contribution is 7.87. The maximum Gasteiger partial charge on any atom is 0.280 e. The van der Waals surface area contributed by atoms with Crippen LogP contribution in [0.4, 0.5) is 0 Å². The van der Waals surface area contributed by atoms with Crippen molar-refractivity contribution in [2.45, 2.75) is 51.7 Å². The third-order valence-electron chi connectivity index (χ3n) is 2.41. The standard InChI is InChI=1S/C10H22N2O3S/c1-9(2,3)11-16(14,15)12-7-5-6-10(4,13)8-12/h11,13H,5-8H2,1-4H3. The quantitative estimate of drug-likeness (QED) is 0.748. The third-order valence-corrected chi connectivity index (χ3v) is 4.28. The van der Waals surface area contributed by atoms with E-state index in [1.54, 1.807) is 27.7 Å². The summed E-state index contributed by atoms with van der Waals surface area (Å²) >= 11 is 0. The molecule has 0 aromatic heterocycles. The predicted molar refractivity (Wildman–Crippen MR) is 63.2 cm³/mol. The van der Waals surface area contributed by atoms with Gasteiger partial charge in [0.25, 0.3) is 10.2 Å². The minimum absolute atomic E-state index is 0.165. The molecule has 5 nitrogen and oxygen atoms in total. The van der Waals surface area contributed by atoms with Gasteiger partial charge in [0.1, 0.15) is 0 Å². The van der Waals surface area contributed by atoms with E-state index < -0.39 is 21.3 Å². The lowest BCUT2D eigenvalue weighted by Crippen LogP contribution is -2.55. The highest BCUT2D eigenvalue weighted by Crippen LogP contribution is 2.22. The summed E-state index contributed by atoms with van der Waals surface area (Å²) < 4.78 is 27.9. The van der Waals surface area contributed by atoms with Crippen molar-refractivity contribution in [1.82, 2.24) is 9.03 Å². The summed E-state index contributed by atoms with van der Waals surface area (Å²) in [6, 6.07) is 0. The van der Waals surface area contributed by atoms with Crippen molar-refractivity contribution in [1.29, 1.82) is 0 Å². The van der Waals surface area contributed by atoms with Gasteiger partial charge < -0.3 is 5.11 Å². The van der Waals surface area contributed by atoms with E-state index in [1.807, 2.05) is 0 Å². The zero-order valence-electron chi connectivity index (χ0n) is 10.4. The fourth-order valence-electron chi connectivity index (χ4n) is 1.83. The Labute approximate surface area is 98.0 Å². The molecule has 0 aromatic rings. The first-order valence-corrected chi connectivity index (χ1v) is 6.97. The second kappa shape index (κ2) is 4.25. The lowest BCUT2D eigenvalue weighted by atomic mass is 9.97. The van der Waals surface area contributed by atoms with E-state index in [0.717, 1.165) is 0 Å². The molecule has 16 heavy (non-hydrogen) atoms. The zero-order chi connectivity index (χ0) is 12.6. The second-order valence-electron chi connectivity index (χ2n) is 5.79. The van der Waals surface area contributed by atoms with Crippen LogP contribution in [0.15, 0.2) is 0 Å². The van der Waals surface area contributed by atoms with Gasteiger partial charge in [0.15, 0.2) is 0 Å². The Hall–Kier alpha value is -0.170. The van der Waals surface area contributed by atoms with Crippen LogP contribution in [0.2, 0.25) is 0 Å². The fraction of sp³-hybridized carbons (Fsp3) is 1.00. The number of β-amino-alcohol motifs (C(OH)–C–C–N with tert-alkyl or cyclic N) is 1. The van der Waals surface area contributed by atoms with Gasteiger partial charge in [-0.05, 0) is 40.5 Å². The Morgan fingerprint density at radius 1 is 1.38 bits per heavy atom. The number of rotatable bonds is 2. The van der Waals surface area contributed by atoms with E-state index >= 15 is 0 Å². The van der Waals surface area contributed by atoms with Crippen LogP contribution in [0.25, 0.3) is 0 Å². The molecule has 0 spiro atoms. The normalized spacial score (nSPS) is 29.3. The topological polar surface area (TPSA) is 69.6 Å². The van der Waals surface area contributed by atoms with Crippen LogP contribution in [-0.2, 0) is 10.2 Å². The van der Waals surface area contributed by atoms with Crippen LogP contribution in [0.5, 0.6) is 0 Å². The molecule has 6 heteroatoms. The molecule has 96 valence electrons. The van der Waals surface area contributed by atoms with Gasteiger partial charge in [-0.2, -0.15) is 17.4 Å². The Morgan fingerprint density at radius 2 is 1.94 bits per heavy atom. The van der Waals surface area contributed by atoms with E-state index in [9.17, 15) is 13.5 Å². The fourth-order valence-corrected chi connectivity index (χ4v) is 3.55. The van der Waals surface area contributed by atoms with E-state index in [-0.39, 0.29) is 6.54 Å². The molecule has 1 atom stereocenters. The monoisotopic (exact) mass is 250 g/mol. The van der Waals surface area contributed by atoms with Crippen LogP contribution in [0.1, 0.15) is 40.5 Å². The number of nitrogens with one attached hydrogen (secondary N) is 1. The average molecular weight is 250 g/mol. The van der Waals surface area contributed by atoms with E-state index in [0.29, 0.717) is 19.4 Å². The highest BCUT2D eigenvalue weighted by Gasteiger charge is 2.36. The molecule has 0 aliphatic carbocycles. The number of piperidine rings is 1. The van der Waals surface area contributed by atoms with Gasteiger partial charge in [0.05, 0.1) is 5.60 Å².